The molecule has 0 N–H and O–H groups in total. The molecule has 136 valence electrons. The summed E-state index contributed by atoms with van der Waals surface area (Å²) in [7, 11) is -0.838. The lowest BCUT2D eigenvalue weighted by molar-refractivity contribution is 0.519. The van der Waals surface area contributed by atoms with Crippen LogP contribution in [-0.2, 0) is 16.6 Å². The third kappa shape index (κ3) is 3.31. The maximum atomic E-state index is 12.3. The normalized spacial score (nSPS) is 12.0. The Kier molecular flexibility index (Phi) is 4.51. The van der Waals surface area contributed by atoms with Crippen molar-refractivity contribution in [1.29, 1.82) is 0 Å². The van der Waals surface area contributed by atoms with Gasteiger partial charge in [-0.3, -0.25) is 14.0 Å². The SMILES string of the molecule is Cc1ccc2nc(Cn3cc(S(=O)(=O)N(C)C)ccc3=O)cc(=O)n2c1. The van der Waals surface area contributed by atoms with Gasteiger partial charge in [-0.25, -0.2) is 17.7 Å². The van der Waals surface area contributed by atoms with E-state index in [1.165, 1.54) is 47.5 Å². The van der Waals surface area contributed by atoms with Crippen molar-refractivity contribution in [2.24, 2.45) is 0 Å². The molecule has 0 spiro atoms. The maximum Gasteiger partial charge on any atom is 0.258 e. The molecule has 0 aliphatic carbocycles. The Morgan fingerprint density at radius 3 is 2.46 bits per heavy atom. The summed E-state index contributed by atoms with van der Waals surface area (Å²) in [5.74, 6) is 0. The van der Waals surface area contributed by atoms with E-state index in [0.29, 0.717) is 11.3 Å². The van der Waals surface area contributed by atoms with E-state index in [9.17, 15) is 18.0 Å². The predicted molar refractivity (Wildman–Crippen MR) is 96.9 cm³/mol. The summed E-state index contributed by atoms with van der Waals surface area (Å²) in [5, 5.41) is 0. The number of hydrogen-bond acceptors (Lipinski definition) is 5. The summed E-state index contributed by atoms with van der Waals surface area (Å²) in [4.78, 5) is 28.8. The van der Waals surface area contributed by atoms with E-state index >= 15 is 0 Å². The van der Waals surface area contributed by atoms with Crippen LogP contribution in [0.15, 0.2) is 57.2 Å². The van der Waals surface area contributed by atoms with Gasteiger partial charge in [-0.2, -0.15) is 0 Å². The molecule has 0 unspecified atom stereocenters. The smallest absolute Gasteiger partial charge is 0.258 e. The molecular weight excluding hydrogens is 356 g/mol. The minimum Gasteiger partial charge on any atom is -0.308 e. The molecule has 26 heavy (non-hydrogen) atoms. The van der Waals surface area contributed by atoms with Crippen molar-refractivity contribution in [1.82, 2.24) is 18.3 Å². The molecule has 3 aromatic rings. The molecule has 0 aromatic carbocycles. The first kappa shape index (κ1) is 18.0. The lowest BCUT2D eigenvalue weighted by atomic mass is 10.3. The van der Waals surface area contributed by atoms with Crippen molar-refractivity contribution in [2.75, 3.05) is 14.1 Å². The number of nitrogens with zero attached hydrogens (tertiary/aromatic N) is 4. The van der Waals surface area contributed by atoms with Crippen molar-refractivity contribution < 1.29 is 8.42 Å². The monoisotopic (exact) mass is 374 g/mol. The highest BCUT2D eigenvalue weighted by molar-refractivity contribution is 7.89. The number of aryl methyl sites for hydroxylation is 1. The molecule has 0 bridgehead atoms. The summed E-state index contributed by atoms with van der Waals surface area (Å²) < 4.78 is 28.2. The Hall–Kier alpha value is -2.78. The second-order valence-electron chi connectivity index (χ2n) is 6.14. The zero-order chi connectivity index (χ0) is 19.1. The minimum atomic E-state index is -3.67. The maximum absolute atomic E-state index is 12.3. The first-order chi connectivity index (χ1) is 12.2. The summed E-state index contributed by atoms with van der Waals surface area (Å²) >= 11 is 0. The molecule has 0 atom stereocenters. The van der Waals surface area contributed by atoms with Gasteiger partial charge in [0.25, 0.3) is 11.1 Å². The molecule has 0 saturated carbocycles. The molecule has 3 heterocycles. The molecule has 0 aliphatic rings. The van der Waals surface area contributed by atoms with Crippen LogP contribution in [0.25, 0.3) is 5.65 Å². The van der Waals surface area contributed by atoms with Crippen LogP contribution in [0.3, 0.4) is 0 Å². The molecule has 8 nitrogen and oxygen atoms in total. The van der Waals surface area contributed by atoms with Gasteiger partial charge in [-0.1, -0.05) is 6.07 Å². The van der Waals surface area contributed by atoms with E-state index in [4.69, 9.17) is 0 Å². The molecule has 0 aliphatic heterocycles. The van der Waals surface area contributed by atoms with Gasteiger partial charge in [0.05, 0.1) is 17.1 Å². The Labute approximate surface area is 150 Å². The third-order valence-electron chi connectivity index (χ3n) is 3.93. The van der Waals surface area contributed by atoms with Gasteiger partial charge in [0.15, 0.2) is 0 Å². The zero-order valence-corrected chi connectivity index (χ0v) is 15.4. The summed E-state index contributed by atoms with van der Waals surface area (Å²) in [5.41, 5.74) is 1.11. The lowest BCUT2D eigenvalue weighted by Gasteiger charge is -2.13. The fourth-order valence-electron chi connectivity index (χ4n) is 2.51. The summed E-state index contributed by atoms with van der Waals surface area (Å²) in [6, 6.07) is 7.34. The topological polar surface area (TPSA) is 93.8 Å². The van der Waals surface area contributed by atoms with Gasteiger partial charge in [-0.05, 0) is 24.6 Å². The molecule has 0 amide bonds. The molecule has 0 fully saturated rings. The van der Waals surface area contributed by atoms with Crippen LogP contribution in [0.1, 0.15) is 11.3 Å². The molecule has 9 heteroatoms. The zero-order valence-electron chi connectivity index (χ0n) is 14.6. The quantitative estimate of drug-likeness (QED) is 0.661. The van der Waals surface area contributed by atoms with Gasteiger partial charge < -0.3 is 4.57 Å². The van der Waals surface area contributed by atoms with Crippen LogP contribution in [0.4, 0.5) is 0 Å². The molecule has 3 aromatic heterocycles. The molecule has 0 radical (unpaired) electrons. The second kappa shape index (κ2) is 6.50. The van der Waals surface area contributed by atoms with E-state index in [-0.39, 0.29) is 22.6 Å². The van der Waals surface area contributed by atoms with Crippen molar-refractivity contribution in [2.45, 2.75) is 18.4 Å². The average molecular weight is 374 g/mol. The minimum absolute atomic E-state index is 0.00441. The average Bonchev–Trinajstić information content (AvgIpc) is 2.57. The summed E-state index contributed by atoms with van der Waals surface area (Å²) in [6.45, 7) is 1.87. The number of hydrogen-bond donors (Lipinski definition) is 0. The Bertz CT molecular complexity index is 1210. The van der Waals surface area contributed by atoms with E-state index in [1.54, 1.807) is 12.3 Å². The van der Waals surface area contributed by atoms with Crippen LogP contribution < -0.4 is 11.1 Å². The van der Waals surface area contributed by atoms with Gasteiger partial charge in [0.1, 0.15) is 5.65 Å². The van der Waals surface area contributed by atoms with E-state index in [0.717, 1.165) is 9.87 Å². The summed E-state index contributed by atoms with van der Waals surface area (Å²) in [6.07, 6.45) is 2.95. The highest BCUT2D eigenvalue weighted by Crippen LogP contribution is 2.11. The van der Waals surface area contributed by atoms with Crippen molar-refractivity contribution in [3.8, 4) is 0 Å². The third-order valence-corrected chi connectivity index (χ3v) is 5.73. The second-order valence-corrected chi connectivity index (χ2v) is 8.29. The number of aromatic nitrogens is 3. The highest BCUT2D eigenvalue weighted by Gasteiger charge is 2.18. The van der Waals surface area contributed by atoms with E-state index in [2.05, 4.69) is 4.98 Å². The van der Waals surface area contributed by atoms with E-state index < -0.39 is 10.0 Å². The van der Waals surface area contributed by atoms with Crippen LogP contribution in [0.5, 0.6) is 0 Å². The van der Waals surface area contributed by atoms with Crippen molar-refractivity contribution in [3.63, 3.8) is 0 Å². The van der Waals surface area contributed by atoms with Crippen molar-refractivity contribution >= 4 is 15.7 Å². The lowest BCUT2D eigenvalue weighted by Crippen LogP contribution is -2.26. The fraction of sp³-hybridized carbons (Fsp3) is 0.235. The molecule has 0 saturated heterocycles. The molecular formula is C17H18N4O4S. The Balaban J connectivity index is 2.07. The first-order valence-electron chi connectivity index (χ1n) is 7.80. The largest absolute Gasteiger partial charge is 0.308 e. The number of fused-ring (bicyclic) bond motifs is 1. The van der Waals surface area contributed by atoms with Crippen LogP contribution in [-0.4, -0.2) is 40.8 Å². The first-order valence-corrected chi connectivity index (χ1v) is 9.24. The van der Waals surface area contributed by atoms with Crippen LogP contribution >= 0.6 is 0 Å². The van der Waals surface area contributed by atoms with E-state index in [1.807, 2.05) is 13.0 Å². The molecule has 3 rings (SSSR count). The standard InChI is InChI=1S/C17H18N4O4S/c1-12-4-6-15-18-13(8-17(23)21(15)9-12)10-20-11-14(5-7-16(20)22)26(24,25)19(2)3/h4-9,11H,10H2,1-3H3. The van der Waals surface area contributed by atoms with Gasteiger partial charge in [0.2, 0.25) is 10.0 Å². The number of rotatable bonds is 4. The highest BCUT2D eigenvalue weighted by atomic mass is 32.2. The van der Waals surface area contributed by atoms with Gasteiger partial charge in [0, 0.05) is 38.6 Å². The van der Waals surface area contributed by atoms with Gasteiger partial charge in [-0.15, -0.1) is 0 Å². The van der Waals surface area contributed by atoms with Crippen LogP contribution in [0.2, 0.25) is 0 Å². The Morgan fingerprint density at radius 1 is 1.04 bits per heavy atom. The predicted octanol–water partition coefficient (Wildman–Crippen LogP) is 0.463. The van der Waals surface area contributed by atoms with Crippen molar-refractivity contribution in [3.05, 3.63) is 74.7 Å². The van der Waals surface area contributed by atoms with Gasteiger partial charge >= 0.3 is 0 Å². The van der Waals surface area contributed by atoms with Crippen LogP contribution in [0, 0.1) is 6.92 Å². The fourth-order valence-corrected chi connectivity index (χ4v) is 3.43. The number of sulfonamides is 1. The Morgan fingerprint density at radius 2 is 1.77 bits per heavy atom. The number of pyridine rings is 2.